The van der Waals surface area contributed by atoms with E-state index >= 15 is 0 Å². The van der Waals surface area contributed by atoms with E-state index in [1.54, 1.807) is 6.07 Å². The maximum atomic E-state index is 13.9. The molecule has 0 fully saturated rings. The first-order chi connectivity index (χ1) is 12.7. The van der Waals surface area contributed by atoms with Crippen LogP contribution in [0.1, 0.15) is 5.56 Å². The van der Waals surface area contributed by atoms with Gasteiger partial charge >= 0.3 is 0 Å². The Morgan fingerprint density at radius 2 is 1.89 bits per heavy atom. The second-order valence-electron chi connectivity index (χ2n) is 5.33. The molecule has 0 radical (unpaired) electrons. The average molecular weight is 394 g/mol. The molecule has 0 spiro atoms. The Hall–Kier alpha value is -3.34. The predicted octanol–water partition coefficient (Wildman–Crippen LogP) is 1.65. The van der Waals surface area contributed by atoms with Crippen LogP contribution in [0.5, 0.6) is 0 Å². The molecule has 0 bridgehead atoms. The van der Waals surface area contributed by atoms with Crippen molar-refractivity contribution in [3.63, 3.8) is 0 Å². The van der Waals surface area contributed by atoms with Gasteiger partial charge in [-0.05, 0) is 18.2 Å². The van der Waals surface area contributed by atoms with E-state index in [4.69, 9.17) is 0 Å². The lowest BCUT2D eigenvalue weighted by molar-refractivity contribution is -0.385. The number of hydrogen-bond donors (Lipinski definition) is 1. The molecule has 0 aliphatic carbocycles. The summed E-state index contributed by atoms with van der Waals surface area (Å²) in [5, 5.41) is 14.5. The van der Waals surface area contributed by atoms with Crippen molar-refractivity contribution in [2.75, 3.05) is 17.1 Å². The van der Waals surface area contributed by atoms with Crippen molar-refractivity contribution < 1.29 is 22.5 Å². The van der Waals surface area contributed by atoms with E-state index in [9.17, 15) is 27.7 Å². The number of hydrogen-bond acceptors (Lipinski definition) is 6. The maximum Gasteiger partial charge on any atom is 0.278 e. The first kappa shape index (κ1) is 20.0. The summed E-state index contributed by atoms with van der Waals surface area (Å²) in [7, 11) is -3.94. The largest absolute Gasteiger partial charge is 0.278 e. The summed E-state index contributed by atoms with van der Waals surface area (Å²) < 4.78 is 38.3. The zero-order valence-corrected chi connectivity index (χ0v) is 14.9. The second-order valence-corrected chi connectivity index (χ2v) is 7.24. The molecule has 2 aromatic rings. The van der Waals surface area contributed by atoms with Gasteiger partial charge in [-0.25, -0.2) is 18.2 Å². The van der Waals surface area contributed by atoms with Crippen LogP contribution in [-0.4, -0.2) is 38.3 Å². The number of carbonyl (C=O) groups excluding carboxylic acids is 1. The van der Waals surface area contributed by atoms with E-state index in [1.807, 2.05) is 0 Å². The van der Waals surface area contributed by atoms with Crippen molar-refractivity contribution in [1.82, 2.24) is 5.43 Å². The molecule has 142 valence electrons. The molecule has 1 N–H and O–H groups in total. The van der Waals surface area contributed by atoms with Crippen molar-refractivity contribution in [3.05, 3.63) is 70.0 Å². The van der Waals surface area contributed by atoms with Gasteiger partial charge in [0.05, 0.1) is 28.6 Å². The van der Waals surface area contributed by atoms with E-state index in [0.29, 0.717) is 4.31 Å². The number of benzene rings is 2. The molecule has 0 heterocycles. The minimum Gasteiger partial charge on any atom is -0.271 e. The average Bonchev–Trinajstić information content (AvgIpc) is 2.60. The first-order valence-corrected chi connectivity index (χ1v) is 9.32. The Balaban J connectivity index is 2.14. The monoisotopic (exact) mass is 394 g/mol. The number of para-hydroxylation sites is 2. The molecular weight excluding hydrogens is 379 g/mol. The number of rotatable bonds is 7. The Bertz CT molecular complexity index is 994. The van der Waals surface area contributed by atoms with Gasteiger partial charge in [0.15, 0.2) is 0 Å². The lowest BCUT2D eigenvalue weighted by Crippen LogP contribution is -2.39. The molecule has 0 aliphatic rings. The van der Waals surface area contributed by atoms with Crippen LogP contribution in [0.4, 0.5) is 15.8 Å². The molecule has 0 unspecified atom stereocenters. The van der Waals surface area contributed by atoms with Gasteiger partial charge < -0.3 is 0 Å². The molecule has 27 heavy (non-hydrogen) atoms. The van der Waals surface area contributed by atoms with Gasteiger partial charge in [-0.2, -0.15) is 5.10 Å². The standard InChI is InChI=1S/C16H15FN4O5S/c1-27(25,26)20(15-9-5-3-7-13(15)17)11-16(22)19-18-10-12-6-2-4-8-14(12)21(23)24/h2-10H,11H2,1H3,(H,19,22)/b18-10-. The van der Waals surface area contributed by atoms with E-state index in [1.165, 1.54) is 36.4 Å². The van der Waals surface area contributed by atoms with Crippen LogP contribution in [-0.2, 0) is 14.8 Å². The van der Waals surface area contributed by atoms with Crippen molar-refractivity contribution in [2.24, 2.45) is 5.10 Å². The summed E-state index contributed by atoms with van der Waals surface area (Å²) in [6.07, 6.45) is 1.90. The van der Waals surface area contributed by atoms with Crippen molar-refractivity contribution >= 4 is 33.5 Å². The fraction of sp³-hybridized carbons (Fsp3) is 0.125. The summed E-state index contributed by atoms with van der Waals surface area (Å²) in [6, 6.07) is 10.8. The molecule has 2 rings (SSSR count). The summed E-state index contributed by atoms with van der Waals surface area (Å²) in [4.78, 5) is 22.3. The number of anilines is 1. The smallest absolute Gasteiger partial charge is 0.271 e. The van der Waals surface area contributed by atoms with Crippen molar-refractivity contribution in [2.45, 2.75) is 0 Å². The maximum absolute atomic E-state index is 13.9. The summed E-state index contributed by atoms with van der Waals surface area (Å²) in [5.41, 5.74) is 1.73. The van der Waals surface area contributed by atoms with Crippen LogP contribution in [0, 0.1) is 15.9 Å². The highest BCUT2D eigenvalue weighted by Gasteiger charge is 2.23. The van der Waals surface area contributed by atoms with Crippen molar-refractivity contribution in [1.29, 1.82) is 0 Å². The number of nitro benzene ring substituents is 1. The molecule has 0 saturated carbocycles. The third-order valence-corrected chi connectivity index (χ3v) is 4.46. The van der Waals surface area contributed by atoms with E-state index < -0.39 is 33.2 Å². The van der Waals surface area contributed by atoms with Crippen molar-refractivity contribution in [3.8, 4) is 0 Å². The third-order valence-electron chi connectivity index (χ3n) is 3.34. The van der Waals surface area contributed by atoms with Gasteiger partial charge in [-0.3, -0.25) is 19.2 Å². The molecule has 0 atom stereocenters. The van der Waals surface area contributed by atoms with Crippen LogP contribution in [0.3, 0.4) is 0 Å². The van der Waals surface area contributed by atoms with Crippen LogP contribution in [0.25, 0.3) is 0 Å². The summed E-state index contributed by atoms with van der Waals surface area (Å²) in [6.45, 7) is -0.714. The molecule has 9 nitrogen and oxygen atoms in total. The number of carbonyl (C=O) groups is 1. The van der Waals surface area contributed by atoms with Crippen LogP contribution in [0.15, 0.2) is 53.6 Å². The van der Waals surface area contributed by atoms with Gasteiger partial charge in [0.2, 0.25) is 10.0 Å². The Labute approximate surface area is 154 Å². The number of nitro groups is 1. The number of nitrogens with one attached hydrogen (secondary N) is 1. The first-order valence-electron chi connectivity index (χ1n) is 7.47. The number of amides is 1. The Morgan fingerprint density at radius 1 is 1.26 bits per heavy atom. The molecule has 0 aromatic heterocycles. The fourth-order valence-corrected chi connectivity index (χ4v) is 2.99. The molecule has 0 saturated heterocycles. The van der Waals surface area contributed by atoms with Gasteiger partial charge in [0, 0.05) is 6.07 Å². The SMILES string of the molecule is CS(=O)(=O)N(CC(=O)N/N=C\c1ccccc1[N+](=O)[O-])c1ccccc1F. The highest BCUT2D eigenvalue weighted by Crippen LogP contribution is 2.21. The number of sulfonamides is 1. The molecule has 2 aromatic carbocycles. The van der Waals surface area contributed by atoms with E-state index in [0.717, 1.165) is 18.5 Å². The normalized spacial score (nSPS) is 11.3. The minimum absolute atomic E-state index is 0.150. The summed E-state index contributed by atoms with van der Waals surface area (Å²) in [5.74, 6) is -1.65. The highest BCUT2D eigenvalue weighted by atomic mass is 32.2. The quantitative estimate of drug-likeness (QED) is 0.435. The molecular formula is C16H15FN4O5S. The lowest BCUT2D eigenvalue weighted by Gasteiger charge is -2.21. The topological polar surface area (TPSA) is 122 Å². The Morgan fingerprint density at radius 3 is 2.52 bits per heavy atom. The van der Waals surface area contributed by atoms with Crippen LogP contribution < -0.4 is 9.73 Å². The lowest BCUT2D eigenvalue weighted by atomic mass is 10.2. The molecule has 0 aliphatic heterocycles. The predicted molar refractivity (Wildman–Crippen MR) is 97.4 cm³/mol. The van der Waals surface area contributed by atoms with Crippen LogP contribution >= 0.6 is 0 Å². The van der Waals surface area contributed by atoms with Gasteiger partial charge in [-0.15, -0.1) is 0 Å². The van der Waals surface area contributed by atoms with Gasteiger partial charge in [-0.1, -0.05) is 24.3 Å². The Kier molecular flexibility index (Phi) is 6.19. The van der Waals surface area contributed by atoms with E-state index in [-0.39, 0.29) is 16.9 Å². The van der Waals surface area contributed by atoms with Gasteiger partial charge in [0.25, 0.3) is 11.6 Å². The zero-order chi connectivity index (χ0) is 20.0. The molecule has 1 amide bonds. The summed E-state index contributed by atoms with van der Waals surface area (Å²) >= 11 is 0. The minimum atomic E-state index is -3.94. The van der Waals surface area contributed by atoms with E-state index in [2.05, 4.69) is 10.5 Å². The van der Waals surface area contributed by atoms with Crippen LogP contribution in [0.2, 0.25) is 0 Å². The highest BCUT2D eigenvalue weighted by molar-refractivity contribution is 7.92. The molecule has 11 heteroatoms. The van der Waals surface area contributed by atoms with Gasteiger partial charge in [0.1, 0.15) is 12.4 Å². The number of hydrazone groups is 1. The third kappa shape index (κ3) is 5.31. The number of nitrogens with zero attached hydrogens (tertiary/aromatic N) is 3. The fourth-order valence-electron chi connectivity index (χ4n) is 2.14. The second kappa shape index (κ2) is 8.36. The zero-order valence-electron chi connectivity index (χ0n) is 14.1. The number of halogens is 1.